The van der Waals surface area contributed by atoms with Crippen LogP contribution in [0.1, 0.15) is 37.8 Å². The highest BCUT2D eigenvalue weighted by Crippen LogP contribution is 2.33. The topological polar surface area (TPSA) is 57.0 Å². The number of benzene rings is 1. The Hall–Kier alpha value is -2.69. The van der Waals surface area contributed by atoms with E-state index in [1.54, 1.807) is 7.11 Å². The summed E-state index contributed by atoms with van der Waals surface area (Å²) in [5, 5.41) is 5.77. The predicted octanol–water partition coefficient (Wildman–Crippen LogP) is 4.37. The SMILES string of the molecule is CCn1cc2c(C)cc(-c3ccc(C(C=O)C(C)C)c(OC)n3)cc2n1. The van der Waals surface area contributed by atoms with Crippen molar-refractivity contribution >= 4 is 17.2 Å². The zero-order chi connectivity index (χ0) is 18.8. The van der Waals surface area contributed by atoms with Gasteiger partial charge in [-0.1, -0.05) is 19.9 Å². The third-order valence-electron chi connectivity index (χ3n) is 4.81. The number of hydrogen-bond acceptors (Lipinski definition) is 4. The van der Waals surface area contributed by atoms with Crippen molar-refractivity contribution in [3.63, 3.8) is 0 Å². The molecule has 0 N–H and O–H groups in total. The largest absolute Gasteiger partial charge is 0.481 e. The third-order valence-corrected chi connectivity index (χ3v) is 4.81. The van der Waals surface area contributed by atoms with Crippen LogP contribution in [0, 0.1) is 12.8 Å². The summed E-state index contributed by atoms with van der Waals surface area (Å²) in [5.74, 6) is 0.465. The Bertz CT molecular complexity index is 944. The van der Waals surface area contributed by atoms with E-state index in [0.717, 1.165) is 46.1 Å². The minimum atomic E-state index is -0.226. The summed E-state index contributed by atoms with van der Waals surface area (Å²) in [5.41, 5.74) is 4.76. The molecule has 5 nitrogen and oxygen atoms in total. The van der Waals surface area contributed by atoms with Crippen LogP contribution < -0.4 is 4.74 Å². The van der Waals surface area contributed by atoms with Crippen molar-refractivity contribution in [3.8, 4) is 17.1 Å². The van der Waals surface area contributed by atoms with Crippen molar-refractivity contribution < 1.29 is 9.53 Å². The van der Waals surface area contributed by atoms with Crippen LogP contribution in [0.2, 0.25) is 0 Å². The number of nitrogens with zero attached hydrogens (tertiary/aromatic N) is 3. The molecule has 0 spiro atoms. The second-order valence-electron chi connectivity index (χ2n) is 6.91. The Morgan fingerprint density at radius 3 is 2.65 bits per heavy atom. The first-order valence-corrected chi connectivity index (χ1v) is 8.96. The number of carbonyl (C=O) groups excluding carboxylic acids is 1. The highest BCUT2D eigenvalue weighted by atomic mass is 16.5. The first kappa shape index (κ1) is 18.1. The van der Waals surface area contributed by atoms with Gasteiger partial charge in [-0.2, -0.15) is 5.10 Å². The fourth-order valence-electron chi connectivity index (χ4n) is 3.28. The average molecular weight is 351 g/mol. The Morgan fingerprint density at radius 1 is 1.27 bits per heavy atom. The highest BCUT2D eigenvalue weighted by molar-refractivity contribution is 5.86. The molecule has 3 aromatic rings. The first-order chi connectivity index (χ1) is 12.5. The van der Waals surface area contributed by atoms with Crippen LogP contribution in [0.4, 0.5) is 0 Å². The number of fused-ring (bicyclic) bond motifs is 1. The second-order valence-corrected chi connectivity index (χ2v) is 6.91. The Balaban J connectivity index is 2.09. The third kappa shape index (κ3) is 3.21. The number of aromatic nitrogens is 3. The lowest BCUT2D eigenvalue weighted by atomic mass is 9.90. The smallest absolute Gasteiger partial charge is 0.217 e. The highest BCUT2D eigenvalue weighted by Gasteiger charge is 2.21. The number of methoxy groups -OCH3 is 1. The minimum Gasteiger partial charge on any atom is -0.481 e. The van der Waals surface area contributed by atoms with Crippen LogP contribution in [0.3, 0.4) is 0 Å². The number of hydrogen-bond donors (Lipinski definition) is 0. The molecule has 0 aliphatic carbocycles. The van der Waals surface area contributed by atoms with E-state index in [1.165, 1.54) is 0 Å². The van der Waals surface area contributed by atoms with Gasteiger partial charge < -0.3 is 9.53 Å². The fraction of sp³-hybridized carbons (Fsp3) is 0.381. The van der Waals surface area contributed by atoms with Crippen LogP contribution in [0.15, 0.2) is 30.5 Å². The van der Waals surface area contributed by atoms with Crippen molar-refractivity contribution in [2.45, 2.75) is 40.2 Å². The summed E-state index contributed by atoms with van der Waals surface area (Å²) < 4.78 is 7.43. The average Bonchev–Trinajstić information content (AvgIpc) is 3.06. The number of aryl methyl sites for hydroxylation is 2. The maximum absolute atomic E-state index is 11.5. The summed E-state index contributed by atoms with van der Waals surface area (Å²) in [6.45, 7) is 9.04. The van der Waals surface area contributed by atoms with Crippen LogP contribution in [-0.2, 0) is 11.3 Å². The monoisotopic (exact) mass is 351 g/mol. The van der Waals surface area contributed by atoms with E-state index in [0.29, 0.717) is 5.88 Å². The van der Waals surface area contributed by atoms with Gasteiger partial charge in [-0.25, -0.2) is 4.98 Å². The number of ether oxygens (including phenoxy) is 1. The molecule has 3 rings (SSSR count). The molecule has 0 saturated heterocycles. The summed E-state index contributed by atoms with van der Waals surface area (Å²) in [4.78, 5) is 16.2. The van der Waals surface area contributed by atoms with E-state index in [2.05, 4.69) is 42.3 Å². The number of pyridine rings is 1. The van der Waals surface area contributed by atoms with Crippen LogP contribution in [0.25, 0.3) is 22.2 Å². The lowest BCUT2D eigenvalue weighted by molar-refractivity contribution is -0.109. The quantitative estimate of drug-likeness (QED) is 0.619. The maximum atomic E-state index is 11.5. The van der Waals surface area contributed by atoms with Crippen LogP contribution in [-0.4, -0.2) is 28.2 Å². The molecule has 0 aliphatic rings. The molecule has 0 amide bonds. The summed E-state index contributed by atoms with van der Waals surface area (Å²) in [6, 6.07) is 8.07. The molecule has 1 aromatic carbocycles. The normalized spacial score (nSPS) is 12.5. The molecule has 2 aromatic heterocycles. The zero-order valence-electron chi connectivity index (χ0n) is 16.0. The van der Waals surface area contributed by atoms with E-state index in [9.17, 15) is 4.79 Å². The maximum Gasteiger partial charge on any atom is 0.217 e. The van der Waals surface area contributed by atoms with E-state index in [4.69, 9.17) is 4.74 Å². The molecule has 136 valence electrons. The number of rotatable bonds is 6. The molecule has 5 heteroatoms. The molecule has 0 bridgehead atoms. The molecule has 1 unspecified atom stereocenters. The molecule has 2 heterocycles. The van der Waals surface area contributed by atoms with Crippen LogP contribution in [0.5, 0.6) is 5.88 Å². The van der Waals surface area contributed by atoms with E-state index < -0.39 is 0 Å². The molecule has 0 fully saturated rings. The Kier molecular flexibility index (Phi) is 5.07. The summed E-state index contributed by atoms with van der Waals surface area (Å²) >= 11 is 0. The van der Waals surface area contributed by atoms with Gasteiger partial charge in [0, 0.05) is 35.2 Å². The van der Waals surface area contributed by atoms with Gasteiger partial charge >= 0.3 is 0 Å². The molecular formula is C21H25N3O2. The van der Waals surface area contributed by atoms with Gasteiger partial charge in [0.2, 0.25) is 5.88 Å². The van der Waals surface area contributed by atoms with Gasteiger partial charge in [-0.3, -0.25) is 4.68 Å². The Labute approximate surface area is 154 Å². The summed E-state index contributed by atoms with van der Waals surface area (Å²) in [7, 11) is 1.59. The first-order valence-electron chi connectivity index (χ1n) is 8.96. The summed E-state index contributed by atoms with van der Waals surface area (Å²) in [6.07, 6.45) is 3.04. The van der Waals surface area contributed by atoms with Crippen molar-refractivity contribution in [2.75, 3.05) is 7.11 Å². The van der Waals surface area contributed by atoms with Gasteiger partial charge in [0.25, 0.3) is 0 Å². The Morgan fingerprint density at radius 2 is 2.04 bits per heavy atom. The fourth-order valence-corrected chi connectivity index (χ4v) is 3.28. The molecule has 1 atom stereocenters. The van der Waals surface area contributed by atoms with Gasteiger partial charge in [0.05, 0.1) is 18.3 Å². The number of aldehydes is 1. The van der Waals surface area contributed by atoms with Crippen LogP contribution >= 0.6 is 0 Å². The van der Waals surface area contributed by atoms with E-state index in [-0.39, 0.29) is 11.8 Å². The van der Waals surface area contributed by atoms with Crippen molar-refractivity contribution in [3.05, 3.63) is 41.6 Å². The molecule has 0 aliphatic heterocycles. The minimum absolute atomic E-state index is 0.186. The van der Waals surface area contributed by atoms with Gasteiger partial charge in [0.1, 0.15) is 6.29 Å². The lowest BCUT2D eigenvalue weighted by Gasteiger charge is -2.18. The lowest BCUT2D eigenvalue weighted by Crippen LogP contribution is -2.10. The van der Waals surface area contributed by atoms with Gasteiger partial charge in [0.15, 0.2) is 0 Å². The molecule has 0 saturated carbocycles. The van der Waals surface area contributed by atoms with Crippen molar-refractivity contribution in [1.29, 1.82) is 0 Å². The molecular weight excluding hydrogens is 326 g/mol. The standard InChI is InChI=1S/C21H25N3O2/c1-6-24-11-17-14(4)9-15(10-20(17)23-24)19-8-7-16(21(22-19)26-5)18(12-25)13(2)3/h7-13,18H,6H2,1-5H3. The van der Waals surface area contributed by atoms with E-state index >= 15 is 0 Å². The zero-order valence-corrected chi connectivity index (χ0v) is 16.0. The van der Waals surface area contributed by atoms with E-state index in [1.807, 2.05) is 30.7 Å². The number of carbonyl (C=O) groups is 1. The predicted molar refractivity (Wildman–Crippen MR) is 104 cm³/mol. The van der Waals surface area contributed by atoms with Crippen molar-refractivity contribution in [1.82, 2.24) is 14.8 Å². The van der Waals surface area contributed by atoms with Gasteiger partial charge in [-0.15, -0.1) is 0 Å². The second kappa shape index (κ2) is 7.28. The van der Waals surface area contributed by atoms with Crippen molar-refractivity contribution in [2.24, 2.45) is 5.92 Å². The molecule has 26 heavy (non-hydrogen) atoms. The molecule has 0 radical (unpaired) electrons. The van der Waals surface area contributed by atoms with Gasteiger partial charge in [-0.05, 0) is 43.5 Å².